The van der Waals surface area contributed by atoms with Gasteiger partial charge in [0.2, 0.25) is 0 Å². The first-order valence-electron chi connectivity index (χ1n) is 5.46. The Labute approximate surface area is 99.0 Å². The van der Waals surface area contributed by atoms with Gasteiger partial charge in [-0.1, -0.05) is 22.0 Å². The third kappa shape index (κ3) is 1.58. The average molecular weight is 267 g/mol. The number of piperazine rings is 1. The van der Waals surface area contributed by atoms with E-state index in [0.29, 0.717) is 0 Å². The Bertz CT molecular complexity index is 378. The maximum Gasteiger partial charge on any atom is 0.0433 e. The first kappa shape index (κ1) is 9.67. The smallest absolute Gasteiger partial charge is 0.0433 e. The zero-order chi connectivity index (χ0) is 10.4. The van der Waals surface area contributed by atoms with Crippen LogP contribution in [0.3, 0.4) is 0 Å². The van der Waals surface area contributed by atoms with E-state index in [2.05, 4.69) is 57.0 Å². The Hall–Kier alpha value is -0.540. The van der Waals surface area contributed by atoms with Gasteiger partial charge >= 0.3 is 0 Å². The molecule has 0 aromatic heterocycles. The van der Waals surface area contributed by atoms with Crippen LogP contribution in [0.5, 0.6) is 0 Å². The molecule has 2 unspecified atom stereocenters. The maximum absolute atomic E-state index is 3.54. The number of likely N-dealkylation sites (tertiary alicyclic amines) is 1. The van der Waals surface area contributed by atoms with Gasteiger partial charge in [-0.25, -0.2) is 0 Å². The number of hydrogen-bond donors (Lipinski definition) is 0. The lowest BCUT2D eigenvalue weighted by atomic mass is 10.2. The summed E-state index contributed by atoms with van der Waals surface area (Å²) in [5, 5.41) is 0. The standard InChI is InChI=1S/C12H15BrN2/c1-14-7-12-6-11(14)8-15(12)10-4-2-3-9(13)5-10/h2-5,11-12H,6-8H2,1H3. The first-order valence-corrected chi connectivity index (χ1v) is 6.26. The van der Waals surface area contributed by atoms with Crippen LogP contribution in [0.15, 0.2) is 28.7 Å². The lowest BCUT2D eigenvalue weighted by Gasteiger charge is -2.33. The van der Waals surface area contributed by atoms with Gasteiger partial charge in [-0.05, 0) is 31.7 Å². The minimum atomic E-state index is 0.731. The second-order valence-corrected chi connectivity index (χ2v) is 5.53. The first-order chi connectivity index (χ1) is 7.24. The second kappa shape index (κ2) is 3.49. The van der Waals surface area contributed by atoms with Gasteiger partial charge in [0.15, 0.2) is 0 Å². The molecular weight excluding hydrogens is 252 g/mol. The minimum Gasteiger partial charge on any atom is -0.366 e. The number of likely N-dealkylation sites (N-methyl/N-ethyl adjacent to an activating group) is 1. The second-order valence-electron chi connectivity index (χ2n) is 4.62. The van der Waals surface area contributed by atoms with Crippen LogP contribution in [0.2, 0.25) is 0 Å². The van der Waals surface area contributed by atoms with Gasteiger partial charge in [-0.3, -0.25) is 4.90 Å². The van der Waals surface area contributed by atoms with E-state index >= 15 is 0 Å². The highest BCUT2D eigenvalue weighted by Crippen LogP contribution is 2.34. The van der Waals surface area contributed by atoms with Gasteiger partial charge in [-0.2, -0.15) is 0 Å². The highest BCUT2D eigenvalue weighted by Gasteiger charge is 2.41. The summed E-state index contributed by atoms with van der Waals surface area (Å²) >= 11 is 3.54. The fourth-order valence-corrected chi connectivity index (χ4v) is 3.22. The van der Waals surface area contributed by atoms with E-state index in [0.717, 1.165) is 12.1 Å². The zero-order valence-electron chi connectivity index (χ0n) is 8.86. The van der Waals surface area contributed by atoms with Crippen LogP contribution in [0.25, 0.3) is 0 Å². The van der Waals surface area contributed by atoms with Crippen molar-refractivity contribution < 1.29 is 0 Å². The number of hydrogen-bond acceptors (Lipinski definition) is 2. The van der Waals surface area contributed by atoms with Crippen molar-refractivity contribution in [3.05, 3.63) is 28.7 Å². The number of benzene rings is 1. The van der Waals surface area contributed by atoms with E-state index in [1.165, 1.54) is 29.7 Å². The fraction of sp³-hybridized carbons (Fsp3) is 0.500. The van der Waals surface area contributed by atoms with Crippen molar-refractivity contribution in [2.75, 3.05) is 25.0 Å². The summed E-state index contributed by atoms with van der Waals surface area (Å²) in [6.45, 7) is 2.41. The van der Waals surface area contributed by atoms with Crippen LogP contribution in [-0.2, 0) is 0 Å². The summed E-state index contributed by atoms with van der Waals surface area (Å²) < 4.78 is 1.18. The van der Waals surface area contributed by atoms with E-state index in [1.807, 2.05) is 0 Å². The summed E-state index contributed by atoms with van der Waals surface area (Å²) in [6.07, 6.45) is 1.34. The van der Waals surface area contributed by atoms with Gasteiger partial charge < -0.3 is 4.90 Å². The molecule has 0 amide bonds. The van der Waals surface area contributed by atoms with E-state index in [9.17, 15) is 0 Å². The zero-order valence-corrected chi connectivity index (χ0v) is 10.4. The van der Waals surface area contributed by atoms with Crippen LogP contribution in [0.4, 0.5) is 5.69 Å². The van der Waals surface area contributed by atoms with E-state index < -0.39 is 0 Å². The lowest BCUT2D eigenvalue weighted by molar-refractivity contribution is 0.292. The molecule has 1 aromatic rings. The predicted octanol–water partition coefficient (Wildman–Crippen LogP) is 2.34. The van der Waals surface area contributed by atoms with Gasteiger partial charge in [0.05, 0.1) is 0 Å². The predicted molar refractivity (Wildman–Crippen MR) is 66.3 cm³/mol. The average Bonchev–Trinajstić information content (AvgIpc) is 2.76. The van der Waals surface area contributed by atoms with Crippen molar-refractivity contribution >= 4 is 21.6 Å². The molecule has 1 aromatic carbocycles. The minimum absolute atomic E-state index is 0.731. The molecule has 0 spiro atoms. The lowest BCUT2D eigenvalue weighted by Crippen LogP contribution is -2.44. The van der Waals surface area contributed by atoms with Crippen LogP contribution in [0.1, 0.15) is 6.42 Å². The van der Waals surface area contributed by atoms with Crippen molar-refractivity contribution in [3.63, 3.8) is 0 Å². The Morgan fingerprint density at radius 1 is 1.27 bits per heavy atom. The topological polar surface area (TPSA) is 6.48 Å². The summed E-state index contributed by atoms with van der Waals surface area (Å²) in [5.41, 5.74) is 1.37. The highest BCUT2D eigenvalue weighted by atomic mass is 79.9. The number of rotatable bonds is 1. The van der Waals surface area contributed by atoms with Crippen molar-refractivity contribution in [1.82, 2.24) is 4.90 Å². The van der Waals surface area contributed by atoms with Crippen LogP contribution in [-0.4, -0.2) is 37.1 Å². The molecular formula is C12H15BrN2. The molecule has 2 nitrogen and oxygen atoms in total. The molecule has 2 bridgehead atoms. The van der Waals surface area contributed by atoms with E-state index in [4.69, 9.17) is 0 Å². The molecule has 2 atom stereocenters. The molecule has 3 rings (SSSR count). The van der Waals surface area contributed by atoms with Gasteiger partial charge in [0.1, 0.15) is 0 Å². The SMILES string of the molecule is CN1CC2CC1CN2c1cccc(Br)c1. The van der Waals surface area contributed by atoms with Gasteiger partial charge in [0.25, 0.3) is 0 Å². The number of fused-ring (bicyclic) bond motifs is 2. The normalized spacial score (nSPS) is 30.1. The van der Waals surface area contributed by atoms with Gasteiger partial charge in [-0.15, -0.1) is 0 Å². The molecule has 80 valence electrons. The molecule has 0 radical (unpaired) electrons. The molecule has 2 fully saturated rings. The number of nitrogens with zero attached hydrogens (tertiary/aromatic N) is 2. The third-order valence-electron chi connectivity index (χ3n) is 3.65. The van der Waals surface area contributed by atoms with Crippen molar-refractivity contribution in [3.8, 4) is 0 Å². The fourth-order valence-electron chi connectivity index (χ4n) is 2.84. The van der Waals surface area contributed by atoms with Crippen molar-refractivity contribution in [2.45, 2.75) is 18.5 Å². The molecule has 0 saturated carbocycles. The Kier molecular flexibility index (Phi) is 2.25. The summed E-state index contributed by atoms with van der Waals surface area (Å²) in [6, 6.07) is 10.1. The Balaban J connectivity index is 1.86. The molecule has 2 heterocycles. The molecule has 15 heavy (non-hydrogen) atoms. The molecule has 0 N–H and O–H groups in total. The Morgan fingerprint density at radius 3 is 2.73 bits per heavy atom. The summed E-state index contributed by atoms with van der Waals surface area (Å²) in [4.78, 5) is 5.04. The molecule has 2 aliphatic heterocycles. The van der Waals surface area contributed by atoms with Crippen molar-refractivity contribution in [1.29, 1.82) is 0 Å². The van der Waals surface area contributed by atoms with Gasteiger partial charge in [0, 0.05) is 35.3 Å². The molecule has 3 heteroatoms. The molecule has 0 aliphatic carbocycles. The molecule has 2 saturated heterocycles. The quantitative estimate of drug-likeness (QED) is 0.770. The van der Waals surface area contributed by atoms with Crippen LogP contribution in [0, 0.1) is 0 Å². The Morgan fingerprint density at radius 2 is 2.13 bits per heavy atom. The van der Waals surface area contributed by atoms with Crippen LogP contribution < -0.4 is 4.90 Å². The van der Waals surface area contributed by atoms with E-state index in [-0.39, 0.29) is 0 Å². The highest BCUT2D eigenvalue weighted by molar-refractivity contribution is 9.10. The maximum atomic E-state index is 3.54. The largest absolute Gasteiger partial charge is 0.366 e. The monoisotopic (exact) mass is 266 g/mol. The van der Waals surface area contributed by atoms with E-state index in [1.54, 1.807) is 0 Å². The van der Waals surface area contributed by atoms with Crippen molar-refractivity contribution in [2.24, 2.45) is 0 Å². The van der Waals surface area contributed by atoms with Crippen LogP contribution >= 0.6 is 15.9 Å². The summed E-state index contributed by atoms with van der Waals surface area (Å²) in [7, 11) is 2.24. The number of halogens is 1. The third-order valence-corrected chi connectivity index (χ3v) is 4.15. The molecule has 2 aliphatic rings. The summed E-state index contributed by atoms with van der Waals surface area (Å²) in [5.74, 6) is 0. The number of anilines is 1.